The summed E-state index contributed by atoms with van der Waals surface area (Å²) in [5.41, 5.74) is 1.88. The fourth-order valence-electron chi connectivity index (χ4n) is 2.68. The number of aromatic nitrogens is 1. The van der Waals surface area contributed by atoms with E-state index in [1.54, 1.807) is 24.4 Å². The van der Waals surface area contributed by atoms with Gasteiger partial charge in [-0.25, -0.2) is 0 Å². The Morgan fingerprint density at radius 3 is 2.70 bits per heavy atom. The van der Waals surface area contributed by atoms with E-state index in [1.807, 2.05) is 12.1 Å². The number of amides is 1. The fourth-order valence-corrected chi connectivity index (χ4v) is 3.03. The van der Waals surface area contributed by atoms with E-state index in [2.05, 4.69) is 15.2 Å². The fraction of sp³-hybridized carbons (Fsp3) is 0.294. The highest BCUT2D eigenvalue weighted by atomic mass is 35.5. The van der Waals surface area contributed by atoms with Crippen molar-refractivity contribution in [3.05, 3.63) is 52.3 Å². The Morgan fingerprint density at radius 2 is 1.91 bits per heavy atom. The molecule has 1 amide bonds. The Bertz CT molecular complexity index is 715. The maximum absolute atomic E-state index is 12.4. The van der Waals surface area contributed by atoms with Crippen LogP contribution in [0.4, 0.5) is 11.4 Å². The average Bonchev–Trinajstić information content (AvgIpc) is 2.60. The smallest absolute Gasteiger partial charge is 0.274 e. The van der Waals surface area contributed by atoms with E-state index in [9.17, 15) is 4.79 Å². The number of piperidine rings is 1. The minimum absolute atomic E-state index is 0.298. The van der Waals surface area contributed by atoms with Crippen LogP contribution < -0.4 is 10.2 Å². The van der Waals surface area contributed by atoms with E-state index in [1.165, 1.54) is 19.3 Å². The molecular weight excluding hydrogens is 333 g/mol. The van der Waals surface area contributed by atoms with Gasteiger partial charge in [-0.05, 0) is 43.5 Å². The molecule has 1 aromatic heterocycles. The maximum Gasteiger partial charge on any atom is 0.274 e. The molecule has 0 spiro atoms. The van der Waals surface area contributed by atoms with Crippen molar-refractivity contribution in [1.82, 2.24) is 4.98 Å². The summed E-state index contributed by atoms with van der Waals surface area (Å²) in [7, 11) is 0. The van der Waals surface area contributed by atoms with Gasteiger partial charge in [0.15, 0.2) is 0 Å². The largest absolute Gasteiger partial charge is 0.371 e. The van der Waals surface area contributed by atoms with Crippen LogP contribution in [0.1, 0.15) is 29.8 Å². The lowest BCUT2D eigenvalue weighted by Crippen LogP contribution is -2.29. The summed E-state index contributed by atoms with van der Waals surface area (Å²) in [6.45, 7) is 2.04. The van der Waals surface area contributed by atoms with Gasteiger partial charge in [-0.15, -0.1) is 0 Å². The first-order chi connectivity index (χ1) is 11.1. The number of anilines is 2. The van der Waals surface area contributed by atoms with Gasteiger partial charge in [0.1, 0.15) is 5.69 Å². The highest BCUT2D eigenvalue weighted by molar-refractivity contribution is 6.44. The highest BCUT2D eigenvalue weighted by Gasteiger charge is 2.15. The summed E-state index contributed by atoms with van der Waals surface area (Å²) in [4.78, 5) is 18.9. The van der Waals surface area contributed by atoms with E-state index in [4.69, 9.17) is 23.2 Å². The van der Waals surface area contributed by atoms with Crippen LogP contribution in [-0.4, -0.2) is 24.0 Å². The lowest BCUT2D eigenvalue weighted by Gasteiger charge is -2.28. The summed E-state index contributed by atoms with van der Waals surface area (Å²) in [6, 6.07) is 8.88. The highest BCUT2D eigenvalue weighted by Crippen LogP contribution is 2.30. The van der Waals surface area contributed by atoms with Crippen LogP contribution in [0.5, 0.6) is 0 Å². The molecule has 2 aromatic rings. The van der Waals surface area contributed by atoms with Gasteiger partial charge >= 0.3 is 0 Å². The van der Waals surface area contributed by atoms with E-state index < -0.39 is 0 Å². The molecule has 0 radical (unpaired) electrons. The van der Waals surface area contributed by atoms with Crippen molar-refractivity contribution in [3.63, 3.8) is 0 Å². The van der Waals surface area contributed by atoms with Crippen LogP contribution in [0.25, 0.3) is 0 Å². The van der Waals surface area contributed by atoms with Crippen LogP contribution in [0.3, 0.4) is 0 Å². The van der Waals surface area contributed by atoms with Crippen molar-refractivity contribution in [3.8, 4) is 0 Å². The lowest BCUT2D eigenvalue weighted by molar-refractivity contribution is 0.102. The summed E-state index contributed by atoms with van der Waals surface area (Å²) in [5, 5.41) is 3.49. The summed E-state index contributed by atoms with van der Waals surface area (Å²) < 4.78 is 0. The third-order valence-corrected chi connectivity index (χ3v) is 4.72. The van der Waals surface area contributed by atoms with Crippen LogP contribution in [0, 0.1) is 0 Å². The van der Waals surface area contributed by atoms with E-state index in [0.29, 0.717) is 21.4 Å². The Morgan fingerprint density at radius 1 is 1.13 bits per heavy atom. The molecule has 1 aliphatic rings. The Kier molecular flexibility index (Phi) is 5.03. The SMILES string of the molecule is O=C(Nc1cccc(Cl)c1Cl)c1cc(N2CCCCC2)ccn1. The zero-order chi connectivity index (χ0) is 16.2. The molecule has 2 heterocycles. The number of hydrogen-bond acceptors (Lipinski definition) is 3. The monoisotopic (exact) mass is 349 g/mol. The number of carbonyl (C=O) groups excluding carboxylic acids is 1. The number of hydrogen-bond donors (Lipinski definition) is 1. The lowest BCUT2D eigenvalue weighted by atomic mass is 10.1. The van der Waals surface area contributed by atoms with E-state index >= 15 is 0 Å². The van der Waals surface area contributed by atoms with E-state index in [-0.39, 0.29) is 5.91 Å². The topological polar surface area (TPSA) is 45.2 Å². The van der Waals surface area contributed by atoms with Crippen LogP contribution >= 0.6 is 23.2 Å². The number of nitrogens with zero attached hydrogens (tertiary/aromatic N) is 2. The predicted molar refractivity (Wildman–Crippen MR) is 94.7 cm³/mol. The molecule has 3 rings (SSSR count). The second kappa shape index (κ2) is 7.20. The summed E-state index contributed by atoms with van der Waals surface area (Å²) in [5.74, 6) is -0.298. The van der Waals surface area contributed by atoms with Crippen molar-refractivity contribution in [2.24, 2.45) is 0 Å². The minimum Gasteiger partial charge on any atom is -0.371 e. The zero-order valence-corrected chi connectivity index (χ0v) is 14.1. The first-order valence-corrected chi connectivity index (χ1v) is 8.37. The molecule has 1 fully saturated rings. The number of pyridine rings is 1. The molecule has 0 atom stereocenters. The third kappa shape index (κ3) is 3.77. The van der Waals surface area contributed by atoms with Gasteiger partial charge in [0.25, 0.3) is 5.91 Å². The minimum atomic E-state index is -0.298. The quantitative estimate of drug-likeness (QED) is 0.878. The third-order valence-electron chi connectivity index (χ3n) is 3.90. The Labute approximate surface area is 145 Å². The van der Waals surface area contributed by atoms with Gasteiger partial charge in [-0.1, -0.05) is 29.3 Å². The molecule has 1 aliphatic heterocycles. The summed E-state index contributed by atoms with van der Waals surface area (Å²) in [6.07, 6.45) is 5.30. The van der Waals surface area contributed by atoms with Gasteiger partial charge in [-0.3, -0.25) is 9.78 Å². The molecule has 0 saturated carbocycles. The van der Waals surface area contributed by atoms with Crippen molar-refractivity contribution in [2.45, 2.75) is 19.3 Å². The molecule has 23 heavy (non-hydrogen) atoms. The molecule has 6 heteroatoms. The predicted octanol–water partition coefficient (Wildman–Crippen LogP) is 4.63. The number of nitrogens with one attached hydrogen (secondary N) is 1. The van der Waals surface area contributed by atoms with Gasteiger partial charge < -0.3 is 10.2 Å². The van der Waals surface area contributed by atoms with Crippen molar-refractivity contribution >= 4 is 40.5 Å². The maximum atomic E-state index is 12.4. The van der Waals surface area contributed by atoms with Crippen molar-refractivity contribution < 1.29 is 4.79 Å². The first-order valence-electron chi connectivity index (χ1n) is 7.61. The normalized spacial score (nSPS) is 14.6. The number of halogens is 2. The van der Waals surface area contributed by atoms with Crippen molar-refractivity contribution in [2.75, 3.05) is 23.3 Å². The van der Waals surface area contributed by atoms with Crippen LogP contribution in [-0.2, 0) is 0 Å². The first kappa shape index (κ1) is 16.1. The molecule has 1 N–H and O–H groups in total. The zero-order valence-electron chi connectivity index (χ0n) is 12.6. The average molecular weight is 350 g/mol. The van der Waals surface area contributed by atoms with Crippen molar-refractivity contribution in [1.29, 1.82) is 0 Å². The van der Waals surface area contributed by atoms with Gasteiger partial charge in [0, 0.05) is 25.0 Å². The Hall–Kier alpha value is -1.78. The molecule has 4 nitrogen and oxygen atoms in total. The molecular formula is C17H17Cl2N3O. The molecule has 0 aliphatic carbocycles. The molecule has 120 valence electrons. The number of rotatable bonds is 3. The number of benzene rings is 1. The van der Waals surface area contributed by atoms with Crippen LogP contribution in [0.2, 0.25) is 10.0 Å². The molecule has 1 aromatic carbocycles. The Balaban J connectivity index is 1.78. The molecule has 0 unspecified atom stereocenters. The standard InChI is InChI=1S/C17H17Cl2N3O/c18-13-5-4-6-14(16(13)19)21-17(23)15-11-12(7-8-20-15)22-9-2-1-3-10-22/h4-8,11H,1-3,9-10H2,(H,21,23). The second-order valence-corrected chi connectivity index (χ2v) is 6.29. The molecule has 0 bridgehead atoms. The second-order valence-electron chi connectivity index (χ2n) is 5.50. The van der Waals surface area contributed by atoms with Crippen LogP contribution in [0.15, 0.2) is 36.5 Å². The van der Waals surface area contributed by atoms with E-state index in [0.717, 1.165) is 18.8 Å². The number of carbonyl (C=O) groups is 1. The van der Waals surface area contributed by atoms with Gasteiger partial charge in [0.2, 0.25) is 0 Å². The van der Waals surface area contributed by atoms with Gasteiger partial charge in [-0.2, -0.15) is 0 Å². The van der Waals surface area contributed by atoms with Gasteiger partial charge in [0.05, 0.1) is 15.7 Å². The summed E-state index contributed by atoms with van der Waals surface area (Å²) >= 11 is 12.1. The molecule has 1 saturated heterocycles.